The van der Waals surface area contributed by atoms with Gasteiger partial charge in [0.15, 0.2) is 0 Å². The number of amides is 1. The Bertz CT molecular complexity index is 1220. The molecule has 0 bridgehead atoms. The molecule has 4 unspecified atom stereocenters. The molecule has 2 fully saturated rings. The molecule has 0 radical (unpaired) electrons. The van der Waals surface area contributed by atoms with Crippen LogP contribution in [0.3, 0.4) is 0 Å². The van der Waals surface area contributed by atoms with Crippen molar-refractivity contribution in [3.63, 3.8) is 0 Å². The second-order valence-corrected chi connectivity index (χ2v) is 10.9. The number of carbonyl (C=O) groups is 2. The third kappa shape index (κ3) is 5.57. The summed E-state index contributed by atoms with van der Waals surface area (Å²) >= 11 is 0. The van der Waals surface area contributed by atoms with E-state index in [0.29, 0.717) is 31.8 Å². The van der Waals surface area contributed by atoms with E-state index in [0.717, 1.165) is 25.8 Å². The molecule has 5 nitrogen and oxygen atoms in total. The molecule has 1 aliphatic carbocycles. The van der Waals surface area contributed by atoms with Crippen molar-refractivity contribution >= 4 is 22.6 Å². The van der Waals surface area contributed by atoms with Gasteiger partial charge in [0.1, 0.15) is 0 Å². The summed E-state index contributed by atoms with van der Waals surface area (Å²) in [6.07, 6.45) is 4.04. The predicted molar refractivity (Wildman–Crippen MR) is 147 cm³/mol. The van der Waals surface area contributed by atoms with Gasteiger partial charge in [0.2, 0.25) is 5.91 Å². The normalized spacial score (nSPS) is 25.1. The Labute approximate surface area is 219 Å². The highest BCUT2D eigenvalue weighted by Crippen LogP contribution is 2.37. The number of benzene rings is 3. The molecule has 1 heterocycles. The van der Waals surface area contributed by atoms with Crippen molar-refractivity contribution in [1.82, 2.24) is 10.2 Å². The van der Waals surface area contributed by atoms with Gasteiger partial charge < -0.3 is 15.3 Å². The Morgan fingerprint density at radius 2 is 1.62 bits per heavy atom. The first-order valence-electron chi connectivity index (χ1n) is 13.8. The fourth-order valence-electron chi connectivity index (χ4n) is 6.60. The van der Waals surface area contributed by atoms with Crippen LogP contribution < -0.4 is 5.32 Å². The Kier molecular flexibility index (Phi) is 7.90. The van der Waals surface area contributed by atoms with Crippen LogP contribution in [0.5, 0.6) is 0 Å². The Hall–Kier alpha value is -3.18. The molecular weight excluding hydrogens is 460 g/mol. The lowest BCUT2D eigenvalue weighted by Gasteiger charge is -2.42. The second-order valence-electron chi connectivity index (χ2n) is 10.9. The van der Waals surface area contributed by atoms with Crippen LogP contribution in [0.15, 0.2) is 72.8 Å². The lowest BCUT2D eigenvalue weighted by atomic mass is 9.76. The van der Waals surface area contributed by atoms with Gasteiger partial charge in [-0.1, -0.05) is 85.6 Å². The molecule has 1 amide bonds. The van der Waals surface area contributed by atoms with Gasteiger partial charge >= 0.3 is 5.97 Å². The number of rotatable bonds is 7. The SMILES string of the molecule is C[C@@H](NCC1CN(C(=O)C2CCCCC2C(=O)O)CCC1c1ccccc1)c1cccc2ccccc12. The van der Waals surface area contributed by atoms with Crippen molar-refractivity contribution in [2.45, 2.75) is 51.0 Å². The summed E-state index contributed by atoms with van der Waals surface area (Å²) in [5.41, 5.74) is 2.60. The van der Waals surface area contributed by atoms with Gasteiger partial charge in [-0.25, -0.2) is 0 Å². The van der Waals surface area contributed by atoms with Gasteiger partial charge in [0.05, 0.1) is 11.8 Å². The third-order valence-corrected chi connectivity index (χ3v) is 8.65. The summed E-state index contributed by atoms with van der Waals surface area (Å²) in [6, 6.07) is 25.8. The number of hydrogen-bond acceptors (Lipinski definition) is 3. The zero-order chi connectivity index (χ0) is 25.8. The zero-order valence-electron chi connectivity index (χ0n) is 21.7. The monoisotopic (exact) mass is 498 g/mol. The van der Waals surface area contributed by atoms with Crippen molar-refractivity contribution in [3.05, 3.63) is 83.9 Å². The minimum atomic E-state index is -0.820. The van der Waals surface area contributed by atoms with Gasteiger partial charge in [-0.15, -0.1) is 0 Å². The van der Waals surface area contributed by atoms with Crippen LogP contribution in [-0.4, -0.2) is 41.5 Å². The first-order valence-corrected chi connectivity index (χ1v) is 13.8. The minimum absolute atomic E-state index is 0.0470. The molecular formula is C32H38N2O3. The summed E-state index contributed by atoms with van der Waals surface area (Å²) in [5.74, 6) is -1.09. The molecule has 194 valence electrons. The molecule has 5 heteroatoms. The number of carboxylic acids is 1. The van der Waals surface area contributed by atoms with E-state index in [4.69, 9.17) is 0 Å². The fourth-order valence-corrected chi connectivity index (χ4v) is 6.60. The number of fused-ring (bicyclic) bond motifs is 1. The van der Waals surface area contributed by atoms with Crippen LogP contribution >= 0.6 is 0 Å². The van der Waals surface area contributed by atoms with Crippen LogP contribution in [0.4, 0.5) is 0 Å². The number of carboxylic acid groups (broad SMARTS) is 1. The lowest BCUT2D eigenvalue weighted by Crippen LogP contribution is -2.50. The summed E-state index contributed by atoms with van der Waals surface area (Å²) < 4.78 is 0. The smallest absolute Gasteiger partial charge is 0.307 e. The summed E-state index contributed by atoms with van der Waals surface area (Å²) in [4.78, 5) is 27.5. The number of hydrogen-bond donors (Lipinski definition) is 2. The number of likely N-dealkylation sites (tertiary alicyclic amines) is 1. The highest BCUT2D eigenvalue weighted by Gasteiger charge is 2.40. The van der Waals surface area contributed by atoms with Crippen molar-refractivity contribution in [2.75, 3.05) is 19.6 Å². The van der Waals surface area contributed by atoms with Crippen molar-refractivity contribution in [1.29, 1.82) is 0 Å². The molecule has 2 aliphatic rings. The maximum Gasteiger partial charge on any atom is 0.307 e. The van der Waals surface area contributed by atoms with Gasteiger partial charge in [0.25, 0.3) is 0 Å². The van der Waals surface area contributed by atoms with Gasteiger partial charge in [-0.05, 0) is 59.9 Å². The van der Waals surface area contributed by atoms with Gasteiger partial charge in [-0.3, -0.25) is 9.59 Å². The van der Waals surface area contributed by atoms with Crippen LogP contribution in [0.25, 0.3) is 10.8 Å². The van der Waals surface area contributed by atoms with Gasteiger partial charge in [-0.2, -0.15) is 0 Å². The summed E-state index contributed by atoms with van der Waals surface area (Å²) in [6.45, 7) is 4.36. The number of carbonyl (C=O) groups excluding carboxylic acids is 1. The van der Waals surface area contributed by atoms with E-state index >= 15 is 0 Å². The highest BCUT2D eigenvalue weighted by atomic mass is 16.4. The van der Waals surface area contributed by atoms with E-state index in [1.165, 1.54) is 21.9 Å². The average Bonchev–Trinajstić information content (AvgIpc) is 2.95. The quantitative estimate of drug-likeness (QED) is 0.418. The molecule has 1 saturated carbocycles. The Balaban J connectivity index is 1.34. The van der Waals surface area contributed by atoms with E-state index in [1.807, 2.05) is 11.0 Å². The van der Waals surface area contributed by atoms with E-state index in [2.05, 4.69) is 79.0 Å². The van der Waals surface area contributed by atoms with Crippen molar-refractivity contribution < 1.29 is 14.7 Å². The van der Waals surface area contributed by atoms with Crippen LogP contribution in [0.1, 0.15) is 62.1 Å². The second kappa shape index (κ2) is 11.5. The van der Waals surface area contributed by atoms with E-state index < -0.39 is 11.9 Å². The van der Waals surface area contributed by atoms with Crippen molar-refractivity contribution in [2.24, 2.45) is 17.8 Å². The topological polar surface area (TPSA) is 69.6 Å². The first kappa shape index (κ1) is 25.5. The molecule has 3 aromatic carbocycles. The number of nitrogens with zero attached hydrogens (tertiary/aromatic N) is 1. The summed E-state index contributed by atoms with van der Waals surface area (Å²) in [5, 5.41) is 16.0. The van der Waals surface area contributed by atoms with Crippen LogP contribution in [-0.2, 0) is 9.59 Å². The maximum absolute atomic E-state index is 13.6. The minimum Gasteiger partial charge on any atom is -0.481 e. The molecule has 0 spiro atoms. The fraction of sp³-hybridized carbons (Fsp3) is 0.438. The van der Waals surface area contributed by atoms with Crippen LogP contribution in [0.2, 0.25) is 0 Å². The molecule has 5 atom stereocenters. The number of aliphatic carboxylic acids is 1. The zero-order valence-corrected chi connectivity index (χ0v) is 21.7. The van der Waals surface area contributed by atoms with E-state index in [9.17, 15) is 14.7 Å². The molecule has 3 aromatic rings. The predicted octanol–water partition coefficient (Wildman–Crippen LogP) is 6.01. The molecule has 5 rings (SSSR count). The van der Waals surface area contributed by atoms with Gasteiger partial charge in [0, 0.05) is 25.7 Å². The molecule has 1 saturated heterocycles. The largest absolute Gasteiger partial charge is 0.481 e. The maximum atomic E-state index is 13.6. The lowest BCUT2D eigenvalue weighted by molar-refractivity contribution is -0.153. The van der Waals surface area contributed by atoms with E-state index in [1.54, 1.807) is 0 Å². The van der Waals surface area contributed by atoms with Crippen molar-refractivity contribution in [3.8, 4) is 0 Å². The molecule has 2 N–H and O–H groups in total. The highest BCUT2D eigenvalue weighted by molar-refractivity contribution is 5.86. The molecule has 0 aromatic heterocycles. The van der Waals surface area contributed by atoms with Crippen LogP contribution in [0, 0.1) is 17.8 Å². The Morgan fingerprint density at radius 3 is 2.41 bits per heavy atom. The Morgan fingerprint density at radius 1 is 0.919 bits per heavy atom. The summed E-state index contributed by atoms with van der Waals surface area (Å²) in [7, 11) is 0. The number of nitrogens with one attached hydrogen (secondary N) is 1. The molecule has 1 aliphatic heterocycles. The standard InChI is InChI=1S/C32H38N2O3/c1-22(26-17-9-13-24-12-5-6-14-28(24)26)33-20-25-21-34(19-18-27(25)23-10-3-2-4-11-23)31(35)29-15-7-8-16-30(29)32(36)37/h2-6,9-14,17,22,25,27,29-30,33H,7-8,15-16,18-21H2,1H3,(H,36,37)/t22-,25?,27?,29?,30?/m1/s1. The first-order chi connectivity index (χ1) is 18.0. The van der Waals surface area contributed by atoms with E-state index in [-0.39, 0.29) is 23.8 Å². The average molecular weight is 499 g/mol. The third-order valence-electron chi connectivity index (χ3n) is 8.65. The molecule has 37 heavy (non-hydrogen) atoms. The number of piperidine rings is 1.